The molecular formula is C19H24FN5O2. The van der Waals surface area contributed by atoms with Crippen LogP contribution in [-0.2, 0) is 4.79 Å². The van der Waals surface area contributed by atoms with Crippen LogP contribution in [0, 0.1) is 5.82 Å². The van der Waals surface area contributed by atoms with Crippen molar-refractivity contribution in [2.24, 2.45) is 5.73 Å². The second-order valence-electron chi connectivity index (χ2n) is 6.43. The Morgan fingerprint density at radius 2 is 1.93 bits per heavy atom. The first-order valence-electron chi connectivity index (χ1n) is 8.63. The van der Waals surface area contributed by atoms with E-state index in [9.17, 15) is 9.59 Å². The smallest absolute Gasteiger partial charge is 0.218 e. The van der Waals surface area contributed by atoms with Crippen LogP contribution in [0.5, 0.6) is 0 Å². The predicted octanol–water partition coefficient (Wildman–Crippen LogP) is 1.92. The molecule has 0 aliphatic heterocycles. The summed E-state index contributed by atoms with van der Waals surface area (Å²) in [7, 11) is 0. The van der Waals surface area contributed by atoms with Crippen LogP contribution in [0.3, 0.4) is 0 Å². The van der Waals surface area contributed by atoms with Crippen molar-refractivity contribution >= 4 is 23.2 Å². The Hall–Kier alpha value is -3.00. The van der Waals surface area contributed by atoms with E-state index in [4.69, 9.17) is 17.2 Å². The number of hydrogen-bond acceptors (Lipinski definition) is 6. The molecule has 2 atom stereocenters. The lowest BCUT2D eigenvalue weighted by atomic mass is 9.95. The Morgan fingerprint density at radius 1 is 1.22 bits per heavy atom. The molecule has 2 aromatic rings. The summed E-state index contributed by atoms with van der Waals surface area (Å²) >= 11 is 0. The Kier molecular flexibility index (Phi) is 6.46. The van der Waals surface area contributed by atoms with E-state index in [1.54, 1.807) is 13.0 Å². The van der Waals surface area contributed by atoms with E-state index in [1.165, 1.54) is 24.4 Å². The second-order valence-corrected chi connectivity index (χ2v) is 6.43. The molecule has 0 saturated heterocycles. The molecule has 7 N–H and O–H groups in total. The van der Waals surface area contributed by atoms with E-state index in [0.29, 0.717) is 12.0 Å². The number of carbonyl (C=O) groups is 2. The highest BCUT2D eigenvalue weighted by molar-refractivity contribution is 6.12. The maximum atomic E-state index is 15.2. The van der Waals surface area contributed by atoms with Crippen molar-refractivity contribution in [1.29, 1.82) is 0 Å². The minimum Gasteiger partial charge on any atom is -0.398 e. The van der Waals surface area contributed by atoms with Crippen molar-refractivity contribution in [2.45, 2.75) is 38.8 Å². The van der Waals surface area contributed by atoms with Crippen LogP contribution in [0.1, 0.15) is 54.2 Å². The van der Waals surface area contributed by atoms with E-state index in [1.807, 2.05) is 6.92 Å². The Bertz CT molecular complexity index is 839. The van der Waals surface area contributed by atoms with Gasteiger partial charge in [0.05, 0.1) is 5.56 Å². The topological polar surface area (TPSA) is 137 Å². The van der Waals surface area contributed by atoms with Gasteiger partial charge in [0, 0.05) is 41.5 Å². The molecule has 1 heterocycles. The Balaban J connectivity index is 2.39. The third-order valence-electron chi connectivity index (χ3n) is 4.26. The number of halogens is 1. The molecule has 144 valence electrons. The normalized spacial score (nSPS) is 13.1. The standard InChI is InChI=1S/C19H24FN5O2/c1-3-14(25-10(2)8-16(23)26)12-5-6-13(21)17(18(12)20)19(27)11-4-7-15(22)24-9-11/h4-7,9-10,14,25H,3,8,21H2,1-2H3,(H2,22,24)(H2,23,26). The third kappa shape index (κ3) is 4.79. The highest BCUT2D eigenvalue weighted by atomic mass is 19.1. The van der Waals surface area contributed by atoms with Gasteiger partial charge in [0.2, 0.25) is 5.91 Å². The number of amides is 1. The molecule has 7 nitrogen and oxygen atoms in total. The van der Waals surface area contributed by atoms with Gasteiger partial charge in [-0.25, -0.2) is 9.37 Å². The van der Waals surface area contributed by atoms with Gasteiger partial charge in [-0.3, -0.25) is 9.59 Å². The summed E-state index contributed by atoms with van der Waals surface area (Å²) in [6, 6.07) is 5.33. The molecule has 2 rings (SSSR count). The average Bonchev–Trinajstić information content (AvgIpc) is 2.60. The lowest BCUT2D eigenvalue weighted by Gasteiger charge is -2.23. The first-order valence-corrected chi connectivity index (χ1v) is 8.63. The van der Waals surface area contributed by atoms with E-state index >= 15 is 4.39 Å². The van der Waals surface area contributed by atoms with E-state index < -0.39 is 23.5 Å². The minimum atomic E-state index is -0.692. The van der Waals surface area contributed by atoms with Crippen molar-refractivity contribution in [3.8, 4) is 0 Å². The monoisotopic (exact) mass is 373 g/mol. The molecule has 0 radical (unpaired) electrons. The summed E-state index contributed by atoms with van der Waals surface area (Å²) in [5, 5.41) is 3.17. The van der Waals surface area contributed by atoms with Crippen molar-refractivity contribution in [2.75, 3.05) is 11.5 Å². The molecule has 1 aromatic carbocycles. The highest BCUT2D eigenvalue weighted by Gasteiger charge is 2.24. The summed E-state index contributed by atoms with van der Waals surface area (Å²) in [6.07, 6.45) is 1.95. The third-order valence-corrected chi connectivity index (χ3v) is 4.26. The largest absolute Gasteiger partial charge is 0.398 e. The van der Waals surface area contributed by atoms with Gasteiger partial charge in [0.25, 0.3) is 0 Å². The molecule has 0 saturated carbocycles. The summed E-state index contributed by atoms with van der Waals surface area (Å²) < 4.78 is 15.2. The quantitative estimate of drug-likeness (QED) is 0.412. The molecule has 27 heavy (non-hydrogen) atoms. The molecule has 0 bridgehead atoms. The summed E-state index contributed by atoms with van der Waals surface area (Å²) in [5.41, 5.74) is 16.9. The fraction of sp³-hybridized carbons (Fsp3) is 0.316. The highest BCUT2D eigenvalue weighted by Crippen LogP contribution is 2.28. The predicted molar refractivity (Wildman–Crippen MR) is 102 cm³/mol. The van der Waals surface area contributed by atoms with Gasteiger partial charge < -0.3 is 22.5 Å². The zero-order valence-corrected chi connectivity index (χ0v) is 15.3. The van der Waals surface area contributed by atoms with Crippen LogP contribution in [0.2, 0.25) is 0 Å². The molecule has 0 aliphatic carbocycles. The number of nitrogen functional groups attached to an aromatic ring is 2. The number of benzene rings is 1. The lowest BCUT2D eigenvalue weighted by molar-refractivity contribution is -0.118. The molecule has 1 amide bonds. The van der Waals surface area contributed by atoms with Gasteiger partial charge in [-0.2, -0.15) is 0 Å². The van der Waals surface area contributed by atoms with Crippen LogP contribution in [0.15, 0.2) is 30.5 Å². The van der Waals surface area contributed by atoms with Crippen LogP contribution >= 0.6 is 0 Å². The van der Waals surface area contributed by atoms with Gasteiger partial charge in [0.15, 0.2) is 5.78 Å². The lowest BCUT2D eigenvalue weighted by Crippen LogP contribution is -2.34. The number of hydrogen-bond donors (Lipinski definition) is 4. The number of nitrogens with zero attached hydrogens (tertiary/aromatic N) is 1. The number of nitrogens with one attached hydrogen (secondary N) is 1. The first-order chi connectivity index (χ1) is 12.7. The summed E-state index contributed by atoms with van der Waals surface area (Å²) in [6.45, 7) is 3.66. The number of pyridine rings is 1. The summed E-state index contributed by atoms with van der Waals surface area (Å²) in [4.78, 5) is 27.7. The zero-order valence-electron chi connectivity index (χ0n) is 15.3. The minimum absolute atomic E-state index is 0.0399. The van der Waals surface area contributed by atoms with Gasteiger partial charge >= 0.3 is 0 Å². The number of aromatic nitrogens is 1. The first kappa shape index (κ1) is 20.3. The number of carbonyl (C=O) groups excluding carboxylic acids is 2. The molecule has 0 spiro atoms. The number of primary amides is 1. The number of rotatable bonds is 8. The summed E-state index contributed by atoms with van der Waals surface area (Å²) in [5.74, 6) is -1.45. The number of ketones is 1. The Labute approximate surface area is 157 Å². The van der Waals surface area contributed by atoms with Crippen LogP contribution in [-0.4, -0.2) is 22.7 Å². The van der Waals surface area contributed by atoms with E-state index in [-0.39, 0.29) is 35.1 Å². The van der Waals surface area contributed by atoms with Gasteiger partial charge in [0.1, 0.15) is 11.6 Å². The fourth-order valence-corrected chi connectivity index (χ4v) is 2.92. The zero-order chi connectivity index (χ0) is 20.1. The van der Waals surface area contributed by atoms with Crippen molar-refractivity contribution in [1.82, 2.24) is 10.3 Å². The fourth-order valence-electron chi connectivity index (χ4n) is 2.92. The molecule has 0 aliphatic rings. The van der Waals surface area contributed by atoms with E-state index in [0.717, 1.165) is 0 Å². The number of nitrogens with two attached hydrogens (primary N) is 3. The maximum Gasteiger partial charge on any atom is 0.218 e. The van der Waals surface area contributed by atoms with Crippen LogP contribution < -0.4 is 22.5 Å². The molecule has 0 fully saturated rings. The van der Waals surface area contributed by atoms with Gasteiger partial charge in [-0.05, 0) is 31.5 Å². The number of anilines is 2. The molecule has 8 heteroatoms. The Morgan fingerprint density at radius 3 is 2.48 bits per heavy atom. The van der Waals surface area contributed by atoms with Gasteiger partial charge in [-0.1, -0.05) is 13.0 Å². The van der Waals surface area contributed by atoms with E-state index in [2.05, 4.69) is 10.3 Å². The second kappa shape index (κ2) is 8.59. The average molecular weight is 373 g/mol. The van der Waals surface area contributed by atoms with Crippen LogP contribution in [0.4, 0.5) is 15.9 Å². The van der Waals surface area contributed by atoms with Crippen molar-refractivity contribution in [3.05, 3.63) is 53.0 Å². The van der Waals surface area contributed by atoms with Gasteiger partial charge in [-0.15, -0.1) is 0 Å². The van der Waals surface area contributed by atoms with Crippen molar-refractivity contribution in [3.63, 3.8) is 0 Å². The molecule has 1 aromatic heterocycles. The SMILES string of the molecule is CCC(NC(C)CC(N)=O)c1ccc(N)c(C(=O)c2ccc(N)nc2)c1F. The maximum absolute atomic E-state index is 15.2. The van der Waals surface area contributed by atoms with Crippen LogP contribution in [0.25, 0.3) is 0 Å². The molecular weight excluding hydrogens is 349 g/mol. The molecule has 2 unspecified atom stereocenters. The van der Waals surface area contributed by atoms with Crippen molar-refractivity contribution < 1.29 is 14.0 Å².